The van der Waals surface area contributed by atoms with Gasteiger partial charge in [-0.2, -0.15) is 0 Å². The molecule has 12 nitrogen and oxygen atoms in total. The third-order valence-electron chi connectivity index (χ3n) is 7.77. The maximum Gasteiger partial charge on any atom is 0.243 e. The molecule has 3 N–H and O–H groups in total. The number of nitrogens with one attached hydrogen (secondary N) is 3. The number of benzene rings is 2. The van der Waals surface area contributed by atoms with Crippen LogP contribution in [0.25, 0.3) is 0 Å². The van der Waals surface area contributed by atoms with Crippen LogP contribution in [0.4, 0.5) is 0 Å². The lowest BCUT2D eigenvalue weighted by Crippen LogP contribution is -2.57. The van der Waals surface area contributed by atoms with Crippen molar-refractivity contribution in [1.29, 1.82) is 0 Å². The van der Waals surface area contributed by atoms with Crippen LogP contribution in [0.3, 0.4) is 0 Å². The van der Waals surface area contributed by atoms with E-state index >= 15 is 0 Å². The van der Waals surface area contributed by atoms with E-state index in [4.69, 9.17) is 18.9 Å². The molecule has 0 spiro atoms. The van der Waals surface area contributed by atoms with E-state index in [2.05, 4.69) is 16.0 Å². The van der Waals surface area contributed by atoms with Crippen molar-refractivity contribution in [1.82, 2.24) is 20.9 Å². The summed E-state index contributed by atoms with van der Waals surface area (Å²) in [4.78, 5) is 55.0. The predicted molar refractivity (Wildman–Crippen MR) is 155 cm³/mol. The summed E-state index contributed by atoms with van der Waals surface area (Å²) in [5.41, 5.74) is 0.637. The molecule has 0 bridgehead atoms. The Hall–Kier alpha value is -4.00. The number of ether oxygens (including phenoxy) is 4. The van der Waals surface area contributed by atoms with Crippen LogP contribution in [0.1, 0.15) is 25.0 Å². The molecular weight excluding hydrogens is 556 g/mol. The number of rotatable bonds is 13. The summed E-state index contributed by atoms with van der Waals surface area (Å²) >= 11 is 0. The molecule has 0 aliphatic carbocycles. The van der Waals surface area contributed by atoms with E-state index < -0.39 is 35.5 Å². The van der Waals surface area contributed by atoms with E-state index in [1.54, 1.807) is 32.0 Å². The van der Waals surface area contributed by atoms with Crippen molar-refractivity contribution >= 4 is 23.5 Å². The number of morpholine rings is 1. The van der Waals surface area contributed by atoms with Crippen molar-refractivity contribution in [2.45, 2.75) is 50.4 Å². The van der Waals surface area contributed by atoms with Gasteiger partial charge in [0.25, 0.3) is 0 Å². The highest BCUT2D eigenvalue weighted by Gasteiger charge is 2.50. The van der Waals surface area contributed by atoms with Crippen molar-refractivity contribution in [2.24, 2.45) is 0 Å². The van der Waals surface area contributed by atoms with Crippen molar-refractivity contribution in [3.05, 3.63) is 59.7 Å². The van der Waals surface area contributed by atoms with Crippen LogP contribution in [0, 0.1) is 0 Å². The van der Waals surface area contributed by atoms with Crippen molar-refractivity contribution in [3.8, 4) is 11.5 Å². The summed E-state index contributed by atoms with van der Waals surface area (Å²) in [6, 6.07) is 11.9. The lowest BCUT2D eigenvalue weighted by molar-refractivity contribution is -0.134. The number of ketones is 1. The number of carbonyl (C=O) groups is 4. The zero-order chi connectivity index (χ0) is 30.4. The van der Waals surface area contributed by atoms with Gasteiger partial charge in [-0.25, -0.2) is 0 Å². The van der Waals surface area contributed by atoms with Crippen LogP contribution in [-0.2, 0) is 41.5 Å². The third-order valence-corrected chi connectivity index (χ3v) is 7.77. The number of epoxide rings is 1. The second-order valence-electron chi connectivity index (χ2n) is 11.3. The minimum absolute atomic E-state index is 0.102. The third kappa shape index (κ3) is 8.09. The van der Waals surface area contributed by atoms with E-state index in [0.29, 0.717) is 37.8 Å². The van der Waals surface area contributed by atoms with E-state index in [0.717, 1.165) is 11.1 Å². The molecular formula is C31H38N4O8. The van der Waals surface area contributed by atoms with Crippen LogP contribution in [0.15, 0.2) is 48.5 Å². The maximum absolute atomic E-state index is 13.8. The zero-order valence-corrected chi connectivity index (χ0v) is 24.4. The average molecular weight is 595 g/mol. The molecule has 0 aromatic heterocycles. The van der Waals surface area contributed by atoms with Crippen LogP contribution >= 0.6 is 0 Å². The average Bonchev–Trinajstić information content (AvgIpc) is 3.58. The fourth-order valence-corrected chi connectivity index (χ4v) is 5.08. The number of Topliss-reactive ketones (excluding diaryl/α,β-unsaturated/α-hetero) is 1. The Bertz CT molecular complexity index is 1330. The van der Waals surface area contributed by atoms with Crippen LogP contribution < -0.4 is 25.4 Å². The minimum atomic E-state index is -1.05. The van der Waals surface area contributed by atoms with Gasteiger partial charge in [-0.15, -0.1) is 0 Å². The SMILES string of the molecule is CC(NC(=O)CN1CCOCC1)C(=O)NC(Cc1ccc2c(c1)OCO2)C(=O)NC(Cc1ccccc1)C(=O)C1(C)CO1. The number of amides is 3. The van der Waals surface area contributed by atoms with Gasteiger partial charge in [0.15, 0.2) is 17.3 Å². The zero-order valence-electron chi connectivity index (χ0n) is 24.4. The summed E-state index contributed by atoms with van der Waals surface area (Å²) in [5.74, 6) is -0.454. The van der Waals surface area contributed by atoms with Crippen molar-refractivity contribution < 1.29 is 38.1 Å². The Labute approximate surface area is 250 Å². The quantitative estimate of drug-likeness (QED) is 0.280. The molecule has 4 atom stereocenters. The van der Waals surface area contributed by atoms with Gasteiger partial charge < -0.3 is 34.9 Å². The second kappa shape index (κ2) is 13.5. The topological polar surface area (TPSA) is 148 Å². The molecule has 2 saturated heterocycles. The molecule has 230 valence electrons. The molecule has 43 heavy (non-hydrogen) atoms. The first-order valence-electron chi connectivity index (χ1n) is 14.5. The Morgan fingerprint density at radius 3 is 2.26 bits per heavy atom. The van der Waals surface area contributed by atoms with Gasteiger partial charge in [-0.05, 0) is 43.5 Å². The predicted octanol–water partition coefficient (Wildman–Crippen LogP) is 0.365. The summed E-state index contributed by atoms with van der Waals surface area (Å²) in [5, 5.41) is 8.39. The molecule has 3 amide bonds. The smallest absolute Gasteiger partial charge is 0.243 e. The van der Waals surface area contributed by atoms with Crippen LogP contribution in [0.5, 0.6) is 11.5 Å². The van der Waals surface area contributed by atoms with E-state index in [-0.39, 0.29) is 44.5 Å². The molecule has 12 heteroatoms. The lowest BCUT2D eigenvalue weighted by atomic mass is 9.94. The van der Waals surface area contributed by atoms with Gasteiger partial charge in [0.1, 0.15) is 17.7 Å². The number of fused-ring (bicyclic) bond motifs is 1. The molecule has 0 radical (unpaired) electrons. The molecule has 2 aromatic rings. The van der Waals surface area contributed by atoms with Gasteiger partial charge in [0, 0.05) is 19.5 Å². The fourth-order valence-electron chi connectivity index (χ4n) is 5.08. The maximum atomic E-state index is 13.8. The Balaban J connectivity index is 1.29. The van der Waals surface area contributed by atoms with Gasteiger partial charge >= 0.3 is 0 Å². The molecule has 0 saturated carbocycles. The minimum Gasteiger partial charge on any atom is -0.454 e. The van der Waals surface area contributed by atoms with Gasteiger partial charge in [-0.1, -0.05) is 36.4 Å². The van der Waals surface area contributed by atoms with Crippen molar-refractivity contribution in [2.75, 3.05) is 46.2 Å². The second-order valence-corrected chi connectivity index (χ2v) is 11.3. The fraction of sp³-hybridized carbons (Fsp3) is 0.484. The van der Waals surface area contributed by atoms with Gasteiger partial charge in [0.05, 0.1) is 32.4 Å². The Kier molecular flexibility index (Phi) is 9.59. The van der Waals surface area contributed by atoms with Crippen LogP contribution in [0.2, 0.25) is 0 Å². The first-order valence-corrected chi connectivity index (χ1v) is 14.5. The largest absolute Gasteiger partial charge is 0.454 e. The van der Waals surface area contributed by atoms with E-state index in [1.807, 2.05) is 35.2 Å². The molecule has 5 rings (SSSR count). The summed E-state index contributed by atoms with van der Waals surface area (Å²) in [6.07, 6.45) is 0.381. The summed E-state index contributed by atoms with van der Waals surface area (Å²) in [7, 11) is 0. The van der Waals surface area contributed by atoms with Gasteiger partial charge in [-0.3, -0.25) is 24.1 Å². The van der Waals surface area contributed by atoms with Crippen LogP contribution in [-0.4, -0.2) is 98.4 Å². The number of nitrogens with zero attached hydrogens (tertiary/aromatic N) is 1. The molecule has 3 heterocycles. The number of hydrogen-bond acceptors (Lipinski definition) is 9. The molecule has 3 aliphatic rings. The molecule has 2 fully saturated rings. The standard InChI is InChI=1S/C31H38N4O8/c1-20(32-27(36)17-35-10-12-40-13-11-35)29(38)34-24(15-22-8-9-25-26(16-22)42-19-41-25)30(39)33-23(28(37)31(2)18-43-31)14-21-6-4-3-5-7-21/h3-9,16,20,23-24H,10-15,17-19H2,1-2H3,(H,32,36)(H,33,39)(H,34,38). The summed E-state index contributed by atoms with van der Waals surface area (Å²) in [6.45, 7) is 6.18. The molecule has 4 unspecified atom stereocenters. The normalized spacial score (nSPS) is 21.3. The highest BCUT2D eigenvalue weighted by atomic mass is 16.7. The Morgan fingerprint density at radius 1 is 0.860 bits per heavy atom. The van der Waals surface area contributed by atoms with E-state index in [1.165, 1.54) is 0 Å². The van der Waals surface area contributed by atoms with Gasteiger partial charge in [0.2, 0.25) is 24.5 Å². The number of carbonyl (C=O) groups excluding carboxylic acids is 4. The van der Waals surface area contributed by atoms with E-state index in [9.17, 15) is 19.2 Å². The first-order chi connectivity index (χ1) is 20.7. The van der Waals surface area contributed by atoms with Crippen molar-refractivity contribution in [3.63, 3.8) is 0 Å². The number of hydrogen-bond donors (Lipinski definition) is 3. The highest BCUT2D eigenvalue weighted by molar-refractivity contribution is 5.98. The monoisotopic (exact) mass is 594 g/mol. The summed E-state index contributed by atoms with van der Waals surface area (Å²) < 4.78 is 21.6. The first kappa shape index (κ1) is 30.5. The molecule has 2 aromatic carbocycles. The molecule has 3 aliphatic heterocycles. The highest BCUT2D eigenvalue weighted by Crippen LogP contribution is 2.33. The lowest BCUT2D eigenvalue weighted by Gasteiger charge is -2.27. The Morgan fingerprint density at radius 2 is 1.53 bits per heavy atom.